The molecule has 1 N–H and O–H groups in total. The van der Waals surface area contributed by atoms with Crippen LogP contribution in [0.2, 0.25) is 0 Å². The number of phenolic OH excluding ortho intramolecular Hbond substituents is 1. The van der Waals surface area contributed by atoms with Gasteiger partial charge in [0.1, 0.15) is 42.8 Å². The number of para-hydroxylation sites is 1. The fraction of sp³-hybridized carbons (Fsp3) is 0.348. The topological polar surface area (TPSA) is 86.6 Å². The molecule has 0 spiro atoms. The molecule has 3 aromatic heterocycles. The van der Waals surface area contributed by atoms with E-state index in [0.29, 0.717) is 32.3 Å². The van der Waals surface area contributed by atoms with Crippen molar-refractivity contribution < 1.29 is 19.3 Å². The van der Waals surface area contributed by atoms with Gasteiger partial charge in [0.05, 0.1) is 22.6 Å². The van der Waals surface area contributed by atoms with Gasteiger partial charge in [-0.1, -0.05) is 168 Å². The predicted molar refractivity (Wildman–Crippen MR) is 297 cm³/mol. The first kappa shape index (κ1) is 50.9. The van der Waals surface area contributed by atoms with E-state index in [0.717, 1.165) is 95.3 Å². The highest BCUT2D eigenvalue weighted by molar-refractivity contribution is 5.78. The Kier molecular flexibility index (Phi) is 14.0. The van der Waals surface area contributed by atoms with Gasteiger partial charge in [0.2, 0.25) is 0 Å². The first-order chi connectivity index (χ1) is 34.6. The maximum atomic E-state index is 12.8. The van der Waals surface area contributed by atoms with Crippen LogP contribution in [0.25, 0.3) is 10.9 Å². The first-order valence-corrected chi connectivity index (χ1v) is 25.9. The van der Waals surface area contributed by atoms with Gasteiger partial charge in [-0.3, -0.25) is 9.97 Å². The average molecular weight is 972 g/mol. The molecule has 73 heavy (non-hydrogen) atoms. The molecule has 9 rings (SSSR count). The Bertz CT molecular complexity index is 3280. The van der Waals surface area contributed by atoms with E-state index in [1.807, 2.05) is 67.0 Å². The van der Waals surface area contributed by atoms with Crippen molar-refractivity contribution in [3.05, 3.63) is 218 Å². The summed E-state index contributed by atoms with van der Waals surface area (Å²) < 4.78 is 21.5. The predicted octanol–water partition coefficient (Wildman–Crippen LogP) is 15.3. The summed E-state index contributed by atoms with van der Waals surface area (Å²) in [6.45, 7) is 28.0. The lowest BCUT2D eigenvalue weighted by Crippen LogP contribution is -2.17. The number of fused-ring (bicyclic) bond motifs is 9. The van der Waals surface area contributed by atoms with Crippen molar-refractivity contribution >= 4 is 10.9 Å². The molecule has 0 saturated heterocycles. The van der Waals surface area contributed by atoms with E-state index < -0.39 is 0 Å². The van der Waals surface area contributed by atoms with Crippen LogP contribution in [0.4, 0.5) is 0 Å². The zero-order valence-electron chi connectivity index (χ0n) is 45.2. The summed E-state index contributed by atoms with van der Waals surface area (Å²) >= 11 is 0. The molecule has 0 aliphatic heterocycles. The molecular weight excluding hydrogens is 899 g/mol. The molecule has 8 aromatic rings. The molecule has 1 aliphatic carbocycles. The summed E-state index contributed by atoms with van der Waals surface area (Å²) in [5.41, 5.74) is 15.2. The zero-order chi connectivity index (χ0) is 51.9. The fourth-order valence-electron chi connectivity index (χ4n) is 9.78. The van der Waals surface area contributed by atoms with Crippen LogP contribution in [0.15, 0.2) is 134 Å². The molecule has 0 radical (unpaired) electrons. The van der Waals surface area contributed by atoms with Crippen LogP contribution < -0.4 is 14.2 Å². The Morgan fingerprint density at radius 1 is 0.384 bits per heavy atom. The van der Waals surface area contributed by atoms with Crippen molar-refractivity contribution in [1.29, 1.82) is 0 Å². The van der Waals surface area contributed by atoms with Gasteiger partial charge in [-0.25, -0.2) is 4.98 Å². The van der Waals surface area contributed by atoms with Crippen LogP contribution >= 0.6 is 0 Å². The summed E-state index contributed by atoms with van der Waals surface area (Å²) in [5, 5.41) is 13.9. The standard InChI is InChI=1S/C66H73N3O4/c1-63(2,3)51-31-43-27-45-33-52(64(4,5)6)35-47(60(45)71-39-55-20-15-17-25-67-55)29-49-37-54(66(10,11)12)38-50(62(49)72-40-56-21-16-18-26-68-56)30-48-36-53(65(7,8)9)34-46(28-44(32-51)59(43)70)61(48)73-41-57-24-23-42-19-13-14-22-58(42)69-57/h13-26,31-38,70H,27-30,39-41H2,1-12H3. The molecular formula is C66H73N3O4. The Hall–Kier alpha value is -6.99. The van der Waals surface area contributed by atoms with Crippen molar-refractivity contribution in [3.63, 3.8) is 0 Å². The minimum absolute atomic E-state index is 0.201. The van der Waals surface area contributed by atoms with Crippen molar-refractivity contribution in [2.75, 3.05) is 0 Å². The number of aromatic hydroxyl groups is 1. The molecule has 0 amide bonds. The Morgan fingerprint density at radius 2 is 0.712 bits per heavy atom. The number of ether oxygens (including phenoxy) is 3. The normalized spacial score (nSPS) is 13.2. The molecule has 1 aliphatic rings. The molecule has 0 saturated carbocycles. The monoisotopic (exact) mass is 972 g/mol. The highest BCUT2D eigenvalue weighted by Gasteiger charge is 2.29. The minimum Gasteiger partial charge on any atom is -0.507 e. The molecule has 7 nitrogen and oxygen atoms in total. The van der Waals surface area contributed by atoms with E-state index in [1.165, 1.54) is 16.7 Å². The van der Waals surface area contributed by atoms with Gasteiger partial charge in [0.25, 0.3) is 0 Å². The zero-order valence-corrected chi connectivity index (χ0v) is 45.2. The number of benzene rings is 5. The average Bonchev–Trinajstić information content (AvgIpc) is 3.33. The number of hydrogen-bond donors (Lipinski definition) is 1. The van der Waals surface area contributed by atoms with Gasteiger partial charge in [-0.2, -0.15) is 0 Å². The smallest absolute Gasteiger partial charge is 0.130 e. The van der Waals surface area contributed by atoms with Crippen molar-refractivity contribution in [3.8, 4) is 23.0 Å². The van der Waals surface area contributed by atoms with Crippen LogP contribution in [-0.2, 0) is 67.2 Å². The summed E-state index contributed by atoms with van der Waals surface area (Å²) in [5.74, 6) is 2.70. The number of rotatable bonds is 9. The molecule has 7 heteroatoms. The third kappa shape index (κ3) is 11.8. The molecule has 376 valence electrons. The Morgan fingerprint density at radius 3 is 1.07 bits per heavy atom. The second kappa shape index (κ2) is 20.1. The highest BCUT2D eigenvalue weighted by Crippen LogP contribution is 2.44. The number of pyridine rings is 3. The third-order valence-electron chi connectivity index (χ3n) is 14.2. The van der Waals surface area contributed by atoms with Gasteiger partial charge in [0, 0.05) is 43.5 Å². The lowest BCUT2D eigenvalue weighted by molar-refractivity contribution is 0.290. The van der Waals surface area contributed by atoms with Gasteiger partial charge in [-0.15, -0.1) is 0 Å². The second-order valence-corrected chi connectivity index (χ2v) is 24.2. The lowest BCUT2D eigenvalue weighted by atomic mass is 9.79. The Labute approximate surface area is 434 Å². The van der Waals surface area contributed by atoms with E-state index in [9.17, 15) is 5.11 Å². The summed E-state index contributed by atoms with van der Waals surface area (Å²) in [6, 6.07) is 42.6. The number of nitrogens with zero attached hydrogens (tertiary/aromatic N) is 3. The van der Waals surface area contributed by atoms with E-state index in [1.54, 1.807) is 0 Å². The van der Waals surface area contributed by atoms with Gasteiger partial charge < -0.3 is 19.3 Å². The summed E-state index contributed by atoms with van der Waals surface area (Å²) in [6.07, 6.45) is 5.55. The molecule has 3 heterocycles. The van der Waals surface area contributed by atoms with Crippen LogP contribution in [0.5, 0.6) is 23.0 Å². The van der Waals surface area contributed by atoms with Gasteiger partial charge >= 0.3 is 0 Å². The van der Waals surface area contributed by atoms with Crippen molar-refractivity contribution in [2.24, 2.45) is 0 Å². The second-order valence-electron chi connectivity index (χ2n) is 24.2. The SMILES string of the molecule is CC(C)(C)c1cc2c(O)c(c1)Cc1cc(C(C)(C)C)cc(c1OCc1ccc3ccccc3n1)Cc1cc(C(C)(C)C)cc(c1OCc1ccccn1)Cc1cc(C(C)(C)C)cc(c1OCc1ccccn1)C2. The van der Waals surface area contributed by atoms with Crippen LogP contribution in [-0.4, -0.2) is 20.1 Å². The molecule has 8 bridgehead atoms. The Balaban J connectivity index is 1.34. The molecule has 0 fully saturated rings. The van der Waals surface area contributed by atoms with Gasteiger partial charge in [0.15, 0.2) is 0 Å². The highest BCUT2D eigenvalue weighted by atomic mass is 16.5. The third-order valence-corrected chi connectivity index (χ3v) is 14.2. The maximum absolute atomic E-state index is 12.8. The maximum Gasteiger partial charge on any atom is 0.130 e. The molecule has 5 aromatic carbocycles. The van der Waals surface area contributed by atoms with E-state index in [2.05, 4.69) is 155 Å². The van der Waals surface area contributed by atoms with Crippen LogP contribution in [0.1, 0.15) is 167 Å². The van der Waals surface area contributed by atoms with E-state index in [-0.39, 0.29) is 40.6 Å². The number of aromatic nitrogens is 3. The lowest BCUT2D eigenvalue weighted by Gasteiger charge is -2.29. The largest absolute Gasteiger partial charge is 0.507 e. The first-order valence-electron chi connectivity index (χ1n) is 25.9. The van der Waals surface area contributed by atoms with E-state index in [4.69, 9.17) is 24.2 Å². The van der Waals surface area contributed by atoms with Crippen molar-refractivity contribution in [1.82, 2.24) is 15.0 Å². The quantitative estimate of drug-likeness (QED) is 0.154. The molecule has 0 unspecified atom stereocenters. The van der Waals surface area contributed by atoms with Gasteiger partial charge in [-0.05, 0) is 125 Å². The van der Waals surface area contributed by atoms with Crippen molar-refractivity contribution in [2.45, 2.75) is 150 Å². The minimum atomic E-state index is -0.215. The summed E-state index contributed by atoms with van der Waals surface area (Å²) in [4.78, 5) is 14.4. The summed E-state index contributed by atoms with van der Waals surface area (Å²) in [7, 11) is 0. The van der Waals surface area contributed by atoms with Crippen LogP contribution in [0, 0.1) is 0 Å². The molecule has 0 atom stereocenters. The number of hydrogen-bond acceptors (Lipinski definition) is 7. The van der Waals surface area contributed by atoms with Crippen LogP contribution in [0.3, 0.4) is 0 Å². The fourth-order valence-corrected chi connectivity index (χ4v) is 9.78. The number of phenols is 1. The van der Waals surface area contributed by atoms with E-state index >= 15 is 0 Å².